The number of hydrogen-bond donors (Lipinski definition) is 1. The number of rotatable bonds is 3. The fourth-order valence-corrected chi connectivity index (χ4v) is 0.575. The van der Waals surface area contributed by atoms with Gasteiger partial charge in [0, 0.05) is 19.8 Å². The largest absolute Gasteiger partial charge is 0.316 e. The molecule has 0 aromatic rings. The number of allylic oxidation sites excluding steroid dienone is 4. The molecule has 0 atom stereocenters. The summed E-state index contributed by atoms with van der Waals surface area (Å²) < 4.78 is 0. The Balaban J connectivity index is 4.11. The Morgan fingerprint density at radius 1 is 1.18 bits per heavy atom. The summed E-state index contributed by atoms with van der Waals surface area (Å²) in [5.41, 5.74) is 5.54. The van der Waals surface area contributed by atoms with E-state index in [9.17, 15) is 0 Å². The van der Waals surface area contributed by atoms with Crippen LogP contribution in [0.15, 0.2) is 23.4 Å². The molecule has 0 saturated heterocycles. The molecule has 0 rings (SSSR count). The zero-order chi connectivity index (χ0) is 8.85. The van der Waals surface area contributed by atoms with Crippen molar-refractivity contribution >= 4 is 0 Å². The summed E-state index contributed by atoms with van der Waals surface area (Å²) in [5.74, 6) is 0. The smallest absolute Gasteiger partial charge is 0.0259 e. The van der Waals surface area contributed by atoms with E-state index in [4.69, 9.17) is 0 Å². The Labute approximate surface area is 69.6 Å². The van der Waals surface area contributed by atoms with Gasteiger partial charge in [0.25, 0.3) is 0 Å². The van der Waals surface area contributed by atoms with Gasteiger partial charge in [0.15, 0.2) is 0 Å². The van der Waals surface area contributed by atoms with E-state index in [1.54, 1.807) is 0 Å². The highest BCUT2D eigenvalue weighted by Crippen LogP contribution is 1.98. The number of nitrogens with zero attached hydrogens (tertiary/aromatic N) is 1. The van der Waals surface area contributed by atoms with Crippen LogP contribution in [0, 0.1) is 0 Å². The Bertz CT molecular complexity index is 164. The predicted molar refractivity (Wildman–Crippen MR) is 50.0 cm³/mol. The van der Waals surface area contributed by atoms with Gasteiger partial charge in [0.2, 0.25) is 0 Å². The van der Waals surface area contributed by atoms with Crippen molar-refractivity contribution in [1.29, 1.82) is 0 Å². The minimum absolute atomic E-state index is 1.20. The lowest BCUT2D eigenvalue weighted by molar-refractivity contribution is 0.333. The van der Waals surface area contributed by atoms with E-state index in [-0.39, 0.29) is 0 Å². The molecule has 0 aliphatic rings. The van der Waals surface area contributed by atoms with Gasteiger partial charge in [-0.3, -0.25) is 0 Å². The van der Waals surface area contributed by atoms with Crippen LogP contribution in [0.5, 0.6) is 0 Å². The van der Waals surface area contributed by atoms with Crippen LogP contribution in [0.4, 0.5) is 0 Å². The van der Waals surface area contributed by atoms with E-state index in [1.165, 1.54) is 11.3 Å². The lowest BCUT2D eigenvalue weighted by Crippen LogP contribution is -2.28. The van der Waals surface area contributed by atoms with Crippen molar-refractivity contribution in [2.45, 2.75) is 20.8 Å². The summed E-state index contributed by atoms with van der Waals surface area (Å²) in [7, 11) is 3.89. The molecule has 0 unspecified atom stereocenters. The van der Waals surface area contributed by atoms with E-state index in [2.05, 4.69) is 38.3 Å². The van der Waals surface area contributed by atoms with Crippen molar-refractivity contribution < 1.29 is 0 Å². The first-order valence-electron chi connectivity index (χ1n) is 3.81. The average Bonchev–Trinajstić information content (AvgIpc) is 1.98. The van der Waals surface area contributed by atoms with Gasteiger partial charge >= 0.3 is 0 Å². The molecule has 0 heterocycles. The van der Waals surface area contributed by atoms with E-state index >= 15 is 0 Å². The minimum Gasteiger partial charge on any atom is -0.316 e. The van der Waals surface area contributed by atoms with Crippen molar-refractivity contribution in [2.75, 3.05) is 14.1 Å². The molecule has 0 spiro atoms. The summed E-state index contributed by atoms with van der Waals surface area (Å²) in [5, 5.41) is 1.97. The SMILES string of the molecule is CNN(C)/C(C)=C\C=C(C)C. The van der Waals surface area contributed by atoms with Crippen LogP contribution in [0.1, 0.15) is 20.8 Å². The van der Waals surface area contributed by atoms with Gasteiger partial charge in [-0.1, -0.05) is 11.6 Å². The molecule has 11 heavy (non-hydrogen) atoms. The molecule has 0 amide bonds. The fraction of sp³-hybridized carbons (Fsp3) is 0.556. The summed E-state index contributed by atoms with van der Waals surface area (Å²) in [6.45, 7) is 6.24. The summed E-state index contributed by atoms with van der Waals surface area (Å²) in [6.07, 6.45) is 4.19. The first-order chi connectivity index (χ1) is 5.07. The summed E-state index contributed by atoms with van der Waals surface area (Å²) >= 11 is 0. The van der Waals surface area contributed by atoms with Crippen LogP contribution < -0.4 is 5.43 Å². The third-order valence-electron chi connectivity index (χ3n) is 1.52. The maximum atomic E-state index is 3.02. The molecule has 0 aromatic carbocycles. The number of hydrogen-bond acceptors (Lipinski definition) is 2. The molecule has 0 saturated carbocycles. The van der Waals surface area contributed by atoms with Crippen LogP contribution in [0.25, 0.3) is 0 Å². The van der Waals surface area contributed by atoms with Crippen molar-refractivity contribution in [3.05, 3.63) is 23.4 Å². The monoisotopic (exact) mass is 154 g/mol. The van der Waals surface area contributed by atoms with E-state index in [0.717, 1.165) is 0 Å². The standard InChI is InChI=1S/C9H18N2/c1-8(2)6-7-9(3)11(5)10-4/h6-7,10H,1-5H3/b9-7-. The van der Waals surface area contributed by atoms with Crippen molar-refractivity contribution in [3.63, 3.8) is 0 Å². The molecule has 0 fully saturated rings. The maximum Gasteiger partial charge on any atom is 0.0259 e. The van der Waals surface area contributed by atoms with Crippen LogP contribution >= 0.6 is 0 Å². The van der Waals surface area contributed by atoms with Gasteiger partial charge in [-0.2, -0.15) is 0 Å². The highest BCUT2D eigenvalue weighted by Gasteiger charge is 1.90. The van der Waals surface area contributed by atoms with Crippen molar-refractivity contribution in [3.8, 4) is 0 Å². The van der Waals surface area contributed by atoms with Crippen LogP contribution in [0.3, 0.4) is 0 Å². The molecule has 0 aromatic heterocycles. The zero-order valence-corrected chi connectivity index (χ0v) is 8.10. The van der Waals surface area contributed by atoms with Gasteiger partial charge in [-0.25, -0.2) is 5.43 Å². The van der Waals surface area contributed by atoms with E-state index < -0.39 is 0 Å². The van der Waals surface area contributed by atoms with E-state index in [1.807, 2.05) is 19.1 Å². The third-order valence-corrected chi connectivity index (χ3v) is 1.52. The highest BCUT2D eigenvalue weighted by atomic mass is 15.5. The molecule has 0 aliphatic heterocycles. The summed E-state index contributed by atoms with van der Waals surface area (Å²) in [6, 6.07) is 0. The second kappa shape index (κ2) is 4.97. The van der Waals surface area contributed by atoms with Crippen LogP contribution in [-0.4, -0.2) is 19.1 Å². The average molecular weight is 154 g/mol. The Kier molecular flexibility index (Phi) is 4.62. The number of nitrogens with one attached hydrogen (secondary N) is 1. The minimum atomic E-state index is 1.20. The molecule has 0 aliphatic carbocycles. The number of hydrazine groups is 1. The van der Waals surface area contributed by atoms with Gasteiger partial charge in [0.05, 0.1) is 0 Å². The van der Waals surface area contributed by atoms with Crippen LogP contribution in [0.2, 0.25) is 0 Å². The van der Waals surface area contributed by atoms with Gasteiger partial charge in [-0.15, -0.1) is 0 Å². The van der Waals surface area contributed by atoms with Crippen molar-refractivity contribution in [1.82, 2.24) is 10.4 Å². The molecule has 2 nitrogen and oxygen atoms in total. The molecule has 2 heteroatoms. The van der Waals surface area contributed by atoms with Gasteiger partial charge < -0.3 is 5.01 Å². The Morgan fingerprint density at radius 3 is 2.09 bits per heavy atom. The summed E-state index contributed by atoms with van der Waals surface area (Å²) in [4.78, 5) is 0. The fourth-order valence-electron chi connectivity index (χ4n) is 0.575. The topological polar surface area (TPSA) is 15.3 Å². The predicted octanol–water partition coefficient (Wildman–Crippen LogP) is 1.92. The molecular weight excluding hydrogens is 136 g/mol. The molecular formula is C9H18N2. The molecule has 1 N–H and O–H groups in total. The van der Waals surface area contributed by atoms with Gasteiger partial charge in [0.1, 0.15) is 0 Å². The quantitative estimate of drug-likeness (QED) is 0.493. The second-order valence-corrected chi connectivity index (χ2v) is 2.83. The Morgan fingerprint density at radius 2 is 1.73 bits per heavy atom. The molecule has 64 valence electrons. The van der Waals surface area contributed by atoms with E-state index in [0.29, 0.717) is 0 Å². The zero-order valence-electron chi connectivity index (χ0n) is 8.10. The molecule has 0 radical (unpaired) electrons. The first kappa shape index (κ1) is 10.2. The normalized spacial score (nSPS) is 11.2. The maximum absolute atomic E-state index is 3.02. The Hall–Kier alpha value is -0.760. The van der Waals surface area contributed by atoms with Crippen LogP contribution in [-0.2, 0) is 0 Å². The van der Waals surface area contributed by atoms with Crippen molar-refractivity contribution in [2.24, 2.45) is 0 Å². The second-order valence-electron chi connectivity index (χ2n) is 2.83. The lowest BCUT2D eigenvalue weighted by Gasteiger charge is -2.17. The third kappa shape index (κ3) is 4.62. The lowest BCUT2D eigenvalue weighted by atomic mass is 10.3. The first-order valence-corrected chi connectivity index (χ1v) is 3.81. The highest BCUT2D eigenvalue weighted by molar-refractivity contribution is 5.12. The van der Waals surface area contributed by atoms with Gasteiger partial charge in [-0.05, 0) is 26.8 Å². The molecule has 0 bridgehead atoms.